The molecule has 3 aliphatic rings. The van der Waals surface area contributed by atoms with E-state index in [1.54, 1.807) is 0 Å². The summed E-state index contributed by atoms with van der Waals surface area (Å²) in [6.45, 7) is 3.39. The molecule has 2 N–H and O–H groups in total. The highest BCUT2D eigenvalue weighted by molar-refractivity contribution is 5.82. The number of nitrogens with zero attached hydrogens (tertiary/aromatic N) is 1. The number of carbonyl (C=O) groups is 2. The first-order valence-electron chi connectivity index (χ1n) is 5.39. The van der Waals surface area contributed by atoms with Crippen LogP contribution >= 0.6 is 0 Å². The summed E-state index contributed by atoms with van der Waals surface area (Å²) in [7, 11) is 0. The van der Waals surface area contributed by atoms with Crippen molar-refractivity contribution in [2.75, 3.05) is 19.8 Å². The number of aliphatic hydroxyl groups excluding tert-OH is 1. The molecule has 2 heterocycles. The number of ether oxygens (including phenoxy) is 1. The van der Waals surface area contributed by atoms with Crippen LogP contribution in [0.1, 0.15) is 12.8 Å². The molecule has 1 saturated carbocycles. The van der Waals surface area contributed by atoms with Crippen LogP contribution in [0.3, 0.4) is 0 Å². The summed E-state index contributed by atoms with van der Waals surface area (Å²) < 4.78 is 4.89. The van der Waals surface area contributed by atoms with E-state index in [1.165, 1.54) is 11.0 Å². The molecule has 0 unspecified atom stereocenters. The average Bonchev–Trinajstić information content (AvgIpc) is 2.76. The van der Waals surface area contributed by atoms with Crippen LogP contribution in [0, 0.1) is 5.41 Å². The minimum Gasteiger partial charge on any atom is -0.481 e. The van der Waals surface area contributed by atoms with Crippen molar-refractivity contribution < 1.29 is 24.5 Å². The number of carboxylic acid groups (broad SMARTS) is 1. The molecule has 1 aliphatic carbocycles. The maximum Gasteiger partial charge on any atom is 0.410 e. The third-order valence-corrected chi connectivity index (χ3v) is 3.66. The van der Waals surface area contributed by atoms with Crippen LogP contribution in [0.2, 0.25) is 0 Å². The van der Waals surface area contributed by atoms with E-state index in [4.69, 9.17) is 9.84 Å². The van der Waals surface area contributed by atoms with Crippen molar-refractivity contribution in [3.63, 3.8) is 0 Å². The molecule has 6 nitrogen and oxygen atoms in total. The molecule has 0 aromatic heterocycles. The van der Waals surface area contributed by atoms with E-state index >= 15 is 0 Å². The quantitative estimate of drug-likeness (QED) is 0.687. The van der Waals surface area contributed by atoms with Crippen LogP contribution in [-0.2, 0) is 9.53 Å². The Labute approximate surface area is 98.5 Å². The smallest absolute Gasteiger partial charge is 0.410 e. The Morgan fingerprint density at radius 1 is 1.47 bits per heavy atom. The van der Waals surface area contributed by atoms with Crippen LogP contribution < -0.4 is 0 Å². The van der Waals surface area contributed by atoms with Crippen molar-refractivity contribution in [3.8, 4) is 0 Å². The second-order valence-electron chi connectivity index (χ2n) is 4.77. The average molecular weight is 241 g/mol. The molecule has 0 radical (unpaired) electrons. The Balaban J connectivity index is 2.12. The van der Waals surface area contributed by atoms with Gasteiger partial charge in [-0.2, -0.15) is 0 Å². The SMILES string of the molecule is C=CCOC(=O)N1CC2(C(=O)O)CC1(CO)C2. The summed E-state index contributed by atoms with van der Waals surface area (Å²) in [6, 6.07) is 0. The lowest BCUT2D eigenvalue weighted by Gasteiger charge is -2.43. The molecule has 1 amide bonds. The largest absolute Gasteiger partial charge is 0.481 e. The molecule has 2 aliphatic heterocycles. The second-order valence-corrected chi connectivity index (χ2v) is 4.77. The Morgan fingerprint density at radius 2 is 2.12 bits per heavy atom. The number of amides is 1. The molecule has 2 bridgehead atoms. The molecule has 3 fully saturated rings. The molecule has 0 aromatic carbocycles. The topological polar surface area (TPSA) is 87.1 Å². The van der Waals surface area contributed by atoms with E-state index in [2.05, 4.69) is 6.58 Å². The van der Waals surface area contributed by atoms with Crippen molar-refractivity contribution in [2.24, 2.45) is 5.41 Å². The number of carbonyl (C=O) groups excluding carboxylic acids is 1. The lowest BCUT2D eigenvalue weighted by atomic mass is 9.62. The van der Waals surface area contributed by atoms with Crippen LogP contribution in [0.25, 0.3) is 0 Å². The maximum absolute atomic E-state index is 11.7. The fourth-order valence-electron chi connectivity index (χ4n) is 2.86. The predicted octanol–water partition coefficient (Wildman–Crippen LogP) is 0.220. The van der Waals surface area contributed by atoms with Crippen molar-refractivity contribution >= 4 is 12.1 Å². The third-order valence-electron chi connectivity index (χ3n) is 3.66. The highest BCUT2D eigenvalue weighted by Crippen LogP contribution is 2.59. The first kappa shape index (κ1) is 11.9. The lowest BCUT2D eigenvalue weighted by Crippen LogP contribution is -2.55. The molecular weight excluding hydrogens is 226 g/mol. The van der Waals surface area contributed by atoms with Crippen molar-refractivity contribution in [2.45, 2.75) is 18.4 Å². The van der Waals surface area contributed by atoms with Crippen LogP contribution in [-0.4, -0.2) is 52.5 Å². The monoisotopic (exact) mass is 241 g/mol. The van der Waals surface area contributed by atoms with Gasteiger partial charge in [0, 0.05) is 6.54 Å². The van der Waals surface area contributed by atoms with Gasteiger partial charge in [-0.05, 0) is 12.8 Å². The molecule has 17 heavy (non-hydrogen) atoms. The van der Waals surface area contributed by atoms with Crippen molar-refractivity contribution in [3.05, 3.63) is 12.7 Å². The summed E-state index contributed by atoms with van der Waals surface area (Å²) >= 11 is 0. The third kappa shape index (κ3) is 1.51. The highest BCUT2D eigenvalue weighted by Gasteiger charge is 2.70. The van der Waals surface area contributed by atoms with E-state index in [-0.39, 0.29) is 19.8 Å². The van der Waals surface area contributed by atoms with Gasteiger partial charge in [-0.1, -0.05) is 12.7 Å². The van der Waals surface area contributed by atoms with E-state index in [1.807, 2.05) is 0 Å². The van der Waals surface area contributed by atoms with E-state index in [9.17, 15) is 14.7 Å². The molecular formula is C11H15NO5. The van der Waals surface area contributed by atoms with E-state index in [0.29, 0.717) is 12.8 Å². The molecule has 0 atom stereocenters. The van der Waals surface area contributed by atoms with Crippen LogP contribution in [0.4, 0.5) is 4.79 Å². The lowest BCUT2D eigenvalue weighted by molar-refractivity contribution is -0.154. The molecule has 6 heteroatoms. The Morgan fingerprint density at radius 3 is 2.59 bits per heavy atom. The number of fused-ring (bicyclic) bond motifs is 1. The van der Waals surface area contributed by atoms with Gasteiger partial charge < -0.3 is 14.9 Å². The van der Waals surface area contributed by atoms with Gasteiger partial charge in [0.25, 0.3) is 0 Å². The Hall–Kier alpha value is -1.56. The summed E-state index contributed by atoms with van der Waals surface area (Å²) in [6.07, 6.45) is 1.46. The number of hydrogen-bond acceptors (Lipinski definition) is 4. The van der Waals surface area contributed by atoms with Gasteiger partial charge in [0.15, 0.2) is 0 Å². The zero-order valence-corrected chi connectivity index (χ0v) is 9.39. The Bertz CT molecular complexity index is 372. The van der Waals surface area contributed by atoms with Crippen molar-refractivity contribution in [1.82, 2.24) is 4.90 Å². The minimum absolute atomic E-state index is 0.0803. The van der Waals surface area contributed by atoms with Gasteiger partial charge in [0.2, 0.25) is 0 Å². The van der Waals surface area contributed by atoms with Gasteiger partial charge in [-0.3, -0.25) is 9.69 Å². The van der Waals surface area contributed by atoms with Gasteiger partial charge >= 0.3 is 12.1 Å². The number of rotatable bonds is 4. The number of aliphatic carboxylic acids is 1. The molecule has 2 saturated heterocycles. The summed E-state index contributed by atoms with van der Waals surface area (Å²) in [5, 5.41) is 18.5. The molecule has 3 rings (SSSR count). The minimum atomic E-state index is -0.916. The summed E-state index contributed by atoms with van der Waals surface area (Å²) in [5.41, 5.74) is -1.63. The normalized spacial score (nSPS) is 34.1. The van der Waals surface area contributed by atoms with Gasteiger partial charge in [-0.15, -0.1) is 0 Å². The summed E-state index contributed by atoms with van der Waals surface area (Å²) in [4.78, 5) is 24.2. The summed E-state index contributed by atoms with van der Waals surface area (Å²) in [5.74, 6) is -0.916. The molecule has 94 valence electrons. The van der Waals surface area contributed by atoms with E-state index < -0.39 is 23.0 Å². The van der Waals surface area contributed by atoms with Crippen molar-refractivity contribution in [1.29, 1.82) is 0 Å². The number of hydrogen-bond donors (Lipinski definition) is 2. The van der Waals surface area contributed by atoms with Gasteiger partial charge in [0.05, 0.1) is 17.6 Å². The maximum atomic E-state index is 11.7. The first-order chi connectivity index (χ1) is 7.99. The zero-order valence-electron chi connectivity index (χ0n) is 9.39. The first-order valence-corrected chi connectivity index (χ1v) is 5.39. The van der Waals surface area contributed by atoms with E-state index in [0.717, 1.165) is 0 Å². The number of carboxylic acids is 1. The predicted molar refractivity (Wildman–Crippen MR) is 57.4 cm³/mol. The fourth-order valence-corrected chi connectivity index (χ4v) is 2.86. The standard InChI is InChI=1S/C11H15NO5/c1-2-3-17-9(16)12-6-10(8(14)15)4-11(12,5-10)7-13/h2,13H,1,3-7H2,(H,14,15). The number of aliphatic hydroxyl groups is 1. The Kier molecular flexibility index (Phi) is 2.61. The van der Waals surface area contributed by atoms with Gasteiger partial charge in [-0.25, -0.2) is 4.79 Å². The molecule has 0 aromatic rings. The fraction of sp³-hybridized carbons (Fsp3) is 0.636. The van der Waals surface area contributed by atoms with Gasteiger partial charge in [0.1, 0.15) is 6.61 Å². The van der Waals surface area contributed by atoms with Crippen LogP contribution in [0.15, 0.2) is 12.7 Å². The molecule has 0 spiro atoms. The van der Waals surface area contributed by atoms with Crippen LogP contribution in [0.5, 0.6) is 0 Å². The highest BCUT2D eigenvalue weighted by atomic mass is 16.6. The zero-order chi connectivity index (χ0) is 12.7. The second kappa shape index (κ2) is 3.73.